The lowest BCUT2D eigenvalue weighted by atomic mass is 10.2. The van der Waals surface area contributed by atoms with Gasteiger partial charge in [-0.3, -0.25) is 4.79 Å². The van der Waals surface area contributed by atoms with Crippen LogP contribution in [-0.4, -0.2) is 11.2 Å². The number of rotatable bonds is 4. The Morgan fingerprint density at radius 3 is 2.30 bits per heavy atom. The number of amides is 1. The average molecular weight is 289 g/mol. The molecule has 1 atom stereocenters. The number of nitrogens with one attached hydrogen (secondary N) is 1. The van der Waals surface area contributed by atoms with E-state index in [1.165, 1.54) is 23.9 Å². The lowest BCUT2D eigenvalue weighted by Gasteiger charge is -2.12. The standard InChI is InChI=1S/C16H16FNOS/c1-11-3-7-14(8-4-11)18-16(19)12(2)20-15-9-5-13(17)6-10-15/h3-10,12H,1-2H3,(H,18,19)/t12-/m1/s1. The molecule has 0 radical (unpaired) electrons. The minimum absolute atomic E-state index is 0.0665. The second-order valence-corrected chi connectivity index (χ2v) is 5.98. The fraction of sp³-hybridized carbons (Fsp3) is 0.188. The molecule has 0 aliphatic rings. The molecule has 1 N–H and O–H groups in total. The van der Waals surface area contributed by atoms with Crippen LogP contribution in [0.5, 0.6) is 0 Å². The van der Waals surface area contributed by atoms with E-state index in [-0.39, 0.29) is 17.0 Å². The van der Waals surface area contributed by atoms with Crippen LogP contribution in [-0.2, 0) is 4.79 Å². The molecule has 2 rings (SSSR count). The van der Waals surface area contributed by atoms with E-state index in [2.05, 4.69) is 5.32 Å². The third-order valence-corrected chi connectivity index (χ3v) is 3.93. The van der Waals surface area contributed by atoms with E-state index in [1.807, 2.05) is 38.1 Å². The number of carbonyl (C=O) groups excluding carboxylic acids is 1. The number of halogens is 1. The minimum Gasteiger partial charge on any atom is -0.325 e. The van der Waals surface area contributed by atoms with E-state index in [0.717, 1.165) is 16.1 Å². The lowest BCUT2D eigenvalue weighted by Crippen LogP contribution is -2.22. The molecule has 0 heterocycles. The zero-order valence-electron chi connectivity index (χ0n) is 11.4. The Bertz CT molecular complexity index is 580. The molecule has 0 unspecified atom stereocenters. The van der Waals surface area contributed by atoms with Crippen molar-refractivity contribution in [2.45, 2.75) is 24.0 Å². The first-order valence-corrected chi connectivity index (χ1v) is 7.22. The molecule has 0 saturated heterocycles. The van der Waals surface area contributed by atoms with Gasteiger partial charge in [-0.2, -0.15) is 0 Å². The minimum atomic E-state index is -0.272. The van der Waals surface area contributed by atoms with Crippen molar-refractivity contribution >= 4 is 23.4 Å². The Kier molecular flexibility index (Phi) is 4.79. The Hall–Kier alpha value is -1.81. The Balaban J connectivity index is 1.94. The maximum atomic E-state index is 12.8. The van der Waals surface area contributed by atoms with E-state index in [0.29, 0.717) is 0 Å². The summed E-state index contributed by atoms with van der Waals surface area (Å²) in [7, 11) is 0. The highest BCUT2D eigenvalue weighted by atomic mass is 32.2. The molecule has 0 fully saturated rings. The van der Waals surface area contributed by atoms with Crippen molar-refractivity contribution in [3.8, 4) is 0 Å². The summed E-state index contributed by atoms with van der Waals surface area (Å²) in [5.41, 5.74) is 1.93. The second-order valence-electron chi connectivity index (χ2n) is 4.57. The highest BCUT2D eigenvalue weighted by molar-refractivity contribution is 8.00. The number of hydrogen-bond donors (Lipinski definition) is 1. The van der Waals surface area contributed by atoms with Crippen LogP contribution in [0.15, 0.2) is 53.4 Å². The Morgan fingerprint density at radius 2 is 1.70 bits per heavy atom. The number of anilines is 1. The van der Waals surface area contributed by atoms with Crippen molar-refractivity contribution in [2.75, 3.05) is 5.32 Å². The van der Waals surface area contributed by atoms with Gasteiger partial charge in [-0.25, -0.2) is 4.39 Å². The van der Waals surface area contributed by atoms with Crippen LogP contribution in [0, 0.1) is 12.7 Å². The average Bonchev–Trinajstić information content (AvgIpc) is 2.44. The molecule has 2 aromatic rings. The molecule has 1 amide bonds. The molecule has 0 aliphatic carbocycles. The molecule has 0 spiro atoms. The number of carbonyl (C=O) groups is 1. The number of aryl methyl sites for hydroxylation is 1. The van der Waals surface area contributed by atoms with Crippen molar-refractivity contribution in [3.63, 3.8) is 0 Å². The van der Waals surface area contributed by atoms with Crippen LogP contribution in [0.3, 0.4) is 0 Å². The van der Waals surface area contributed by atoms with Gasteiger partial charge in [-0.05, 0) is 50.2 Å². The lowest BCUT2D eigenvalue weighted by molar-refractivity contribution is -0.115. The summed E-state index contributed by atoms with van der Waals surface area (Å²) in [5, 5.41) is 2.62. The SMILES string of the molecule is Cc1ccc(NC(=O)[C@@H](C)Sc2ccc(F)cc2)cc1. The van der Waals surface area contributed by atoms with Gasteiger partial charge in [0.05, 0.1) is 5.25 Å². The van der Waals surface area contributed by atoms with Gasteiger partial charge in [0.1, 0.15) is 5.82 Å². The monoisotopic (exact) mass is 289 g/mol. The number of hydrogen-bond acceptors (Lipinski definition) is 2. The highest BCUT2D eigenvalue weighted by Crippen LogP contribution is 2.24. The first kappa shape index (κ1) is 14.6. The molecule has 4 heteroatoms. The van der Waals surface area contributed by atoms with Gasteiger partial charge in [0.25, 0.3) is 0 Å². The maximum absolute atomic E-state index is 12.8. The van der Waals surface area contributed by atoms with Crippen LogP contribution in [0.25, 0.3) is 0 Å². The highest BCUT2D eigenvalue weighted by Gasteiger charge is 2.14. The van der Waals surface area contributed by atoms with Crippen molar-refractivity contribution in [1.29, 1.82) is 0 Å². The van der Waals surface area contributed by atoms with Crippen LogP contribution >= 0.6 is 11.8 Å². The molecule has 0 aliphatic heterocycles. The van der Waals surface area contributed by atoms with E-state index in [1.54, 1.807) is 12.1 Å². The van der Waals surface area contributed by atoms with Gasteiger partial charge in [0.15, 0.2) is 0 Å². The Morgan fingerprint density at radius 1 is 1.10 bits per heavy atom. The van der Waals surface area contributed by atoms with Crippen LogP contribution in [0.4, 0.5) is 10.1 Å². The summed E-state index contributed by atoms with van der Waals surface area (Å²) in [6.07, 6.45) is 0. The van der Waals surface area contributed by atoms with Gasteiger partial charge in [0, 0.05) is 10.6 Å². The van der Waals surface area contributed by atoms with Gasteiger partial charge in [0.2, 0.25) is 5.91 Å². The molecular formula is C16H16FNOS. The van der Waals surface area contributed by atoms with Crippen LogP contribution < -0.4 is 5.32 Å². The molecule has 2 nitrogen and oxygen atoms in total. The largest absolute Gasteiger partial charge is 0.325 e. The maximum Gasteiger partial charge on any atom is 0.237 e. The van der Waals surface area contributed by atoms with Crippen LogP contribution in [0.1, 0.15) is 12.5 Å². The van der Waals surface area contributed by atoms with E-state index >= 15 is 0 Å². The number of benzene rings is 2. The second kappa shape index (κ2) is 6.57. The fourth-order valence-corrected chi connectivity index (χ4v) is 2.52. The van der Waals surface area contributed by atoms with E-state index in [9.17, 15) is 9.18 Å². The fourth-order valence-electron chi connectivity index (χ4n) is 1.65. The van der Waals surface area contributed by atoms with Crippen LogP contribution in [0.2, 0.25) is 0 Å². The molecule has 0 bridgehead atoms. The predicted molar refractivity (Wildman–Crippen MR) is 81.5 cm³/mol. The topological polar surface area (TPSA) is 29.1 Å². The van der Waals surface area contributed by atoms with Crippen molar-refractivity contribution in [2.24, 2.45) is 0 Å². The summed E-state index contributed by atoms with van der Waals surface area (Å²) >= 11 is 1.40. The van der Waals surface area contributed by atoms with Crippen molar-refractivity contribution < 1.29 is 9.18 Å². The van der Waals surface area contributed by atoms with E-state index < -0.39 is 0 Å². The quantitative estimate of drug-likeness (QED) is 0.852. The normalized spacial score (nSPS) is 11.9. The van der Waals surface area contributed by atoms with Gasteiger partial charge >= 0.3 is 0 Å². The summed E-state index contributed by atoms with van der Waals surface area (Å²) < 4.78 is 12.8. The first-order valence-electron chi connectivity index (χ1n) is 6.34. The molecule has 0 aromatic heterocycles. The van der Waals surface area contributed by atoms with Gasteiger partial charge in [-0.15, -0.1) is 11.8 Å². The third kappa shape index (κ3) is 4.10. The molecule has 0 saturated carbocycles. The van der Waals surface area contributed by atoms with Gasteiger partial charge in [-0.1, -0.05) is 17.7 Å². The van der Waals surface area contributed by atoms with E-state index in [4.69, 9.17) is 0 Å². The van der Waals surface area contributed by atoms with Gasteiger partial charge < -0.3 is 5.32 Å². The third-order valence-electron chi connectivity index (χ3n) is 2.81. The summed E-state index contributed by atoms with van der Waals surface area (Å²) in [5.74, 6) is -0.339. The van der Waals surface area contributed by atoms with Crippen molar-refractivity contribution in [3.05, 3.63) is 59.9 Å². The molecule has 20 heavy (non-hydrogen) atoms. The van der Waals surface area contributed by atoms with Crippen molar-refractivity contribution in [1.82, 2.24) is 0 Å². The zero-order valence-corrected chi connectivity index (χ0v) is 12.2. The smallest absolute Gasteiger partial charge is 0.237 e. The summed E-state index contributed by atoms with van der Waals surface area (Å²) in [6.45, 7) is 3.83. The molecule has 2 aromatic carbocycles. The summed E-state index contributed by atoms with van der Waals surface area (Å²) in [6, 6.07) is 13.8. The molecular weight excluding hydrogens is 273 g/mol. The summed E-state index contributed by atoms with van der Waals surface area (Å²) in [4.78, 5) is 12.9. The predicted octanol–water partition coefficient (Wildman–Crippen LogP) is 4.25. The Labute approximate surface area is 122 Å². The molecule has 104 valence electrons. The number of thioether (sulfide) groups is 1. The first-order chi connectivity index (χ1) is 9.54. The zero-order chi connectivity index (χ0) is 14.5.